The van der Waals surface area contributed by atoms with Gasteiger partial charge in [0.2, 0.25) is 5.91 Å². The number of ether oxygens (including phenoxy) is 2. The molecule has 0 aliphatic heterocycles. The summed E-state index contributed by atoms with van der Waals surface area (Å²) in [5, 5.41) is 2.61. The van der Waals surface area contributed by atoms with Crippen molar-refractivity contribution in [3.8, 4) is 5.75 Å². The molecule has 1 atom stereocenters. The Hall–Kier alpha value is -3.35. The van der Waals surface area contributed by atoms with Gasteiger partial charge < -0.3 is 20.5 Å². The first-order valence-electron chi connectivity index (χ1n) is 8.55. The molecule has 0 bridgehead atoms. The molecule has 0 saturated heterocycles. The molecule has 7 nitrogen and oxygen atoms in total. The lowest BCUT2D eigenvalue weighted by Crippen LogP contribution is -2.30. The predicted molar refractivity (Wildman–Crippen MR) is 101 cm³/mol. The molecular weight excluding hydrogens is 348 g/mol. The molecule has 0 fully saturated rings. The minimum absolute atomic E-state index is 0.323. The second kappa shape index (κ2) is 9.38. The van der Waals surface area contributed by atoms with Crippen LogP contribution >= 0.6 is 0 Å². The van der Waals surface area contributed by atoms with E-state index in [-0.39, 0.29) is 0 Å². The number of esters is 1. The molecular formula is C20H22N2O5. The van der Waals surface area contributed by atoms with Crippen LogP contribution in [0.2, 0.25) is 0 Å². The molecule has 0 unspecified atom stereocenters. The number of carbonyl (C=O) groups excluding carboxylic acids is 3. The molecule has 0 aliphatic carbocycles. The minimum atomic E-state index is -0.996. The van der Waals surface area contributed by atoms with Gasteiger partial charge in [0.15, 0.2) is 6.10 Å². The van der Waals surface area contributed by atoms with Gasteiger partial charge in [-0.05, 0) is 61.9 Å². The van der Waals surface area contributed by atoms with Gasteiger partial charge in [-0.3, -0.25) is 9.59 Å². The summed E-state index contributed by atoms with van der Waals surface area (Å²) in [6.07, 6.45) is -0.105. The largest absolute Gasteiger partial charge is 0.494 e. The fraction of sp³-hybridized carbons (Fsp3) is 0.250. The van der Waals surface area contributed by atoms with E-state index < -0.39 is 23.9 Å². The molecule has 3 N–H and O–H groups in total. The lowest BCUT2D eigenvalue weighted by Gasteiger charge is -2.14. The summed E-state index contributed by atoms with van der Waals surface area (Å²) < 4.78 is 10.6. The number of anilines is 1. The van der Waals surface area contributed by atoms with Crippen LogP contribution in [0.4, 0.5) is 5.69 Å². The van der Waals surface area contributed by atoms with Crippen LogP contribution in [0, 0.1) is 0 Å². The van der Waals surface area contributed by atoms with E-state index in [2.05, 4.69) is 5.32 Å². The maximum absolute atomic E-state index is 12.2. The summed E-state index contributed by atoms with van der Waals surface area (Å²) in [5.41, 5.74) is 6.28. The summed E-state index contributed by atoms with van der Waals surface area (Å²) in [5.74, 6) is -0.985. The smallest absolute Gasteiger partial charge is 0.338 e. The highest BCUT2D eigenvalue weighted by atomic mass is 16.5. The summed E-state index contributed by atoms with van der Waals surface area (Å²) in [6, 6.07) is 12.6. The maximum atomic E-state index is 12.2. The van der Waals surface area contributed by atoms with Crippen molar-refractivity contribution < 1.29 is 23.9 Å². The number of amides is 2. The number of rotatable bonds is 8. The molecule has 27 heavy (non-hydrogen) atoms. The number of nitrogens with two attached hydrogens (primary N) is 1. The Kier molecular flexibility index (Phi) is 6.93. The van der Waals surface area contributed by atoms with E-state index in [0.717, 1.165) is 6.42 Å². The van der Waals surface area contributed by atoms with Crippen LogP contribution in [0.25, 0.3) is 0 Å². The molecule has 2 rings (SSSR count). The highest BCUT2D eigenvalue weighted by Gasteiger charge is 2.19. The third-order valence-corrected chi connectivity index (χ3v) is 3.65. The first-order valence-corrected chi connectivity index (χ1v) is 8.55. The lowest BCUT2D eigenvalue weighted by molar-refractivity contribution is -0.123. The van der Waals surface area contributed by atoms with Gasteiger partial charge in [-0.2, -0.15) is 0 Å². The van der Waals surface area contributed by atoms with Gasteiger partial charge in [0.05, 0.1) is 12.2 Å². The Morgan fingerprint density at radius 1 is 1.00 bits per heavy atom. The molecule has 0 aliphatic rings. The Bertz CT molecular complexity index is 800. The SMILES string of the molecule is CCCOc1ccc(C(=O)O[C@@H](C)C(=O)Nc2ccc(C(N)=O)cc2)cc1. The standard InChI is InChI=1S/C20H22N2O5/c1-3-12-26-17-10-6-15(7-11-17)20(25)27-13(2)19(24)22-16-8-4-14(5-9-16)18(21)23/h4-11,13H,3,12H2,1-2H3,(H2,21,23)(H,22,24)/t13-/m0/s1. The molecule has 2 aromatic rings. The van der Waals surface area contributed by atoms with E-state index >= 15 is 0 Å². The summed E-state index contributed by atoms with van der Waals surface area (Å²) in [6.45, 7) is 4.08. The number of primary amides is 1. The molecule has 7 heteroatoms. The van der Waals surface area contributed by atoms with Crippen LogP contribution < -0.4 is 15.8 Å². The van der Waals surface area contributed by atoms with Crippen molar-refractivity contribution in [3.05, 3.63) is 59.7 Å². The van der Waals surface area contributed by atoms with Gasteiger partial charge in [-0.25, -0.2) is 4.79 Å². The zero-order chi connectivity index (χ0) is 19.8. The first kappa shape index (κ1) is 20.0. The Morgan fingerprint density at radius 2 is 1.59 bits per heavy atom. The average Bonchev–Trinajstić information content (AvgIpc) is 2.67. The van der Waals surface area contributed by atoms with E-state index in [4.69, 9.17) is 15.2 Å². The molecule has 2 aromatic carbocycles. The lowest BCUT2D eigenvalue weighted by atomic mass is 10.2. The molecule has 0 radical (unpaired) electrons. The zero-order valence-electron chi connectivity index (χ0n) is 15.2. The second-order valence-corrected chi connectivity index (χ2v) is 5.85. The fourth-order valence-corrected chi connectivity index (χ4v) is 2.15. The normalized spacial score (nSPS) is 11.3. The minimum Gasteiger partial charge on any atom is -0.494 e. The van der Waals surface area contributed by atoms with Gasteiger partial charge in [0.1, 0.15) is 5.75 Å². The maximum Gasteiger partial charge on any atom is 0.338 e. The Morgan fingerprint density at radius 3 is 2.15 bits per heavy atom. The zero-order valence-corrected chi connectivity index (χ0v) is 15.2. The van der Waals surface area contributed by atoms with Crippen LogP contribution in [0.15, 0.2) is 48.5 Å². The van der Waals surface area contributed by atoms with Gasteiger partial charge >= 0.3 is 5.97 Å². The molecule has 0 heterocycles. The molecule has 142 valence electrons. The number of carbonyl (C=O) groups is 3. The second-order valence-electron chi connectivity index (χ2n) is 5.85. The van der Waals surface area contributed by atoms with E-state index in [0.29, 0.717) is 29.2 Å². The van der Waals surface area contributed by atoms with Gasteiger partial charge in [-0.1, -0.05) is 6.92 Å². The van der Waals surface area contributed by atoms with Gasteiger partial charge in [0, 0.05) is 11.3 Å². The summed E-state index contributed by atoms with van der Waals surface area (Å²) in [4.78, 5) is 35.4. The number of nitrogens with one attached hydrogen (secondary N) is 1. The summed E-state index contributed by atoms with van der Waals surface area (Å²) >= 11 is 0. The third kappa shape index (κ3) is 5.85. The average molecular weight is 370 g/mol. The highest BCUT2D eigenvalue weighted by molar-refractivity contribution is 5.98. The fourth-order valence-electron chi connectivity index (χ4n) is 2.15. The Balaban J connectivity index is 1.91. The van der Waals surface area contributed by atoms with Crippen LogP contribution in [0.5, 0.6) is 5.75 Å². The van der Waals surface area contributed by atoms with E-state index in [1.807, 2.05) is 6.92 Å². The van der Waals surface area contributed by atoms with Gasteiger partial charge in [0.25, 0.3) is 5.91 Å². The third-order valence-electron chi connectivity index (χ3n) is 3.65. The van der Waals surface area contributed by atoms with Crippen molar-refractivity contribution in [3.63, 3.8) is 0 Å². The number of hydrogen-bond donors (Lipinski definition) is 2. The van der Waals surface area contributed by atoms with E-state index in [1.54, 1.807) is 36.4 Å². The topological polar surface area (TPSA) is 108 Å². The summed E-state index contributed by atoms with van der Waals surface area (Å²) in [7, 11) is 0. The van der Waals surface area contributed by atoms with E-state index in [9.17, 15) is 14.4 Å². The monoisotopic (exact) mass is 370 g/mol. The van der Waals surface area contributed by atoms with Crippen molar-refractivity contribution in [2.45, 2.75) is 26.4 Å². The quantitative estimate of drug-likeness (QED) is 0.695. The van der Waals surface area contributed by atoms with Crippen molar-refractivity contribution in [1.29, 1.82) is 0 Å². The molecule has 0 saturated carbocycles. The molecule has 0 aromatic heterocycles. The number of benzene rings is 2. The van der Waals surface area contributed by atoms with Crippen molar-refractivity contribution in [1.82, 2.24) is 0 Å². The van der Waals surface area contributed by atoms with Gasteiger partial charge in [-0.15, -0.1) is 0 Å². The first-order chi connectivity index (χ1) is 12.9. The molecule has 2 amide bonds. The van der Waals surface area contributed by atoms with Crippen molar-refractivity contribution in [2.75, 3.05) is 11.9 Å². The highest BCUT2D eigenvalue weighted by Crippen LogP contribution is 2.15. The van der Waals surface area contributed by atoms with Crippen LogP contribution in [0.3, 0.4) is 0 Å². The van der Waals surface area contributed by atoms with Crippen molar-refractivity contribution >= 4 is 23.5 Å². The Labute approximate surface area is 157 Å². The van der Waals surface area contributed by atoms with Crippen LogP contribution in [-0.4, -0.2) is 30.5 Å². The van der Waals surface area contributed by atoms with E-state index in [1.165, 1.54) is 19.1 Å². The van der Waals surface area contributed by atoms with Crippen molar-refractivity contribution in [2.24, 2.45) is 5.73 Å². The van der Waals surface area contributed by atoms with Crippen LogP contribution in [0.1, 0.15) is 41.0 Å². The number of hydrogen-bond acceptors (Lipinski definition) is 5. The predicted octanol–water partition coefficient (Wildman–Crippen LogP) is 2.76. The van der Waals surface area contributed by atoms with Crippen LogP contribution in [-0.2, 0) is 9.53 Å². The molecule has 0 spiro atoms.